The number of aromatic nitrogens is 2. The normalized spacial score (nSPS) is 10.9. The Hall–Kier alpha value is -1.28. The van der Waals surface area contributed by atoms with E-state index in [-0.39, 0.29) is 24.0 Å². The SMILES string of the molecule is CN=C(NCCc1ccc(Cl)cc1)NCc1ccn[nH]1.I. The zero-order valence-electron chi connectivity index (χ0n) is 11.8. The van der Waals surface area contributed by atoms with E-state index in [1.165, 1.54) is 5.56 Å². The van der Waals surface area contributed by atoms with Gasteiger partial charge in [-0.2, -0.15) is 5.10 Å². The molecular weight excluding hydrogens is 401 g/mol. The van der Waals surface area contributed by atoms with Crippen molar-refractivity contribution < 1.29 is 0 Å². The van der Waals surface area contributed by atoms with Gasteiger partial charge in [0.05, 0.1) is 12.2 Å². The van der Waals surface area contributed by atoms with E-state index < -0.39 is 0 Å². The zero-order chi connectivity index (χ0) is 14.2. The summed E-state index contributed by atoms with van der Waals surface area (Å²) < 4.78 is 0. The lowest BCUT2D eigenvalue weighted by Gasteiger charge is -2.11. The Morgan fingerprint density at radius 1 is 1.24 bits per heavy atom. The summed E-state index contributed by atoms with van der Waals surface area (Å²) in [7, 11) is 1.75. The van der Waals surface area contributed by atoms with Gasteiger partial charge in [-0.05, 0) is 30.2 Å². The molecule has 0 saturated heterocycles. The highest BCUT2D eigenvalue weighted by Gasteiger charge is 1.99. The minimum absolute atomic E-state index is 0. The number of benzene rings is 1. The fraction of sp³-hybridized carbons (Fsp3) is 0.286. The summed E-state index contributed by atoms with van der Waals surface area (Å²) in [5.41, 5.74) is 2.26. The van der Waals surface area contributed by atoms with Gasteiger partial charge in [0, 0.05) is 24.8 Å². The van der Waals surface area contributed by atoms with Crippen LogP contribution in [0.3, 0.4) is 0 Å². The van der Waals surface area contributed by atoms with Crippen molar-refractivity contribution in [3.63, 3.8) is 0 Å². The number of halogens is 2. The lowest BCUT2D eigenvalue weighted by atomic mass is 10.1. The van der Waals surface area contributed by atoms with Gasteiger partial charge in [-0.15, -0.1) is 24.0 Å². The molecule has 1 aromatic carbocycles. The van der Waals surface area contributed by atoms with Crippen molar-refractivity contribution in [1.29, 1.82) is 0 Å². The Morgan fingerprint density at radius 2 is 2.00 bits per heavy atom. The molecule has 21 heavy (non-hydrogen) atoms. The van der Waals surface area contributed by atoms with Gasteiger partial charge < -0.3 is 10.6 Å². The summed E-state index contributed by atoms with van der Waals surface area (Å²) in [5, 5.41) is 14.0. The molecule has 1 heterocycles. The summed E-state index contributed by atoms with van der Waals surface area (Å²) >= 11 is 5.86. The average Bonchev–Trinajstić information content (AvgIpc) is 2.98. The van der Waals surface area contributed by atoms with E-state index in [0.29, 0.717) is 6.54 Å². The molecule has 0 atom stereocenters. The number of guanidine groups is 1. The smallest absolute Gasteiger partial charge is 0.191 e. The second-order valence-electron chi connectivity index (χ2n) is 4.31. The first kappa shape index (κ1) is 17.8. The summed E-state index contributed by atoms with van der Waals surface area (Å²) in [6, 6.07) is 9.80. The molecule has 7 heteroatoms. The largest absolute Gasteiger partial charge is 0.356 e. The molecule has 0 saturated carbocycles. The van der Waals surface area contributed by atoms with Gasteiger partial charge in [-0.25, -0.2) is 0 Å². The molecule has 5 nitrogen and oxygen atoms in total. The van der Waals surface area contributed by atoms with Crippen molar-refractivity contribution in [1.82, 2.24) is 20.8 Å². The third-order valence-electron chi connectivity index (χ3n) is 2.85. The van der Waals surface area contributed by atoms with E-state index >= 15 is 0 Å². The van der Waals surface area contributed by atoms with Crippen molar-refractivity contribution in [2.75, 3.05) is 13.6 Å². The fourth-order valence-electron chi connectivity index (χ4n) is 1.76. The number of nitrogens with zero attached hydrogens (tertiary/aromatic N) is 2. The maximum atomic E-state index is 5.86. The molecule has 0 aliphatic heterocycles. The number of rotatable bonds is 5. The monoisotopic (exact) mass is 419 g/mol. The van der Waals surface area contributed by atoms with Crippen LogP contribution in [0.25, 0.3) is 0 Å². The summed E-state index contributed by atoms with van der Waals surface area (Å²) in [6.07, 6.45) is 2.65. The van der Waals surface area contributed by atoms with Gasteiger partial charge in [0.1, 0.15) is 0 Å². The van der Waals surface area contributed by atoms with Crippen LogP contribution in [0.5, 0.6) is 0 Å². The van der Waals surface area contributed by atoms with Gasteiger partial charge in [0.15, 0.2) is 5.96 Å². The molecule has 0 aliphatic carbocycles. The molecule has 114 valence electrons. The quantitative estimate of drug-likeness (QED) is 0.396. The molecule has 0 fully saturated rings. The third kappa shape index (κ3) is 6.34. The zero-order valence-corrected chi connectivity index (χ0v) is 14.9. The van der Waals surface area contributed by atoms with E-state index in [1.54, 1.807) is 13.2 Å². The molecule has 0 aliphatic rings. The molecule has 3 N–H and O–H groups in total. The maximum absolute atomic E-state index is 5.86. The average molecular weight is 420 g/mol. The number of hydrogen-bond acceptors (Lipinski definition) is 2. The van der Waals surface area contributed by atoms with Crippen LogP contribution in [0, 0.1) is 0 Å². The van der Waals surface area contributed by atoms with Crippen molar-refractivity contribution >= 4 is 41.5 Å². The third-order valence-corrected chi connectivity index (χ3v) is 3.10. The van der Waals surface area contributed by atoms with E-state index in [9.17, 15) is 0 Å². The first-order valence-electron chi connectivity index (χ1n) is 6.45. The lowest BCUT2D eigenvalue weighted by Crippen LogP contribution is -2.37. The molecule has 0 radical (unpaired) electrons. The summed E-state index contributed by atoms with van der Waals surface area (Å²) in [4.78, 5) is 4.17. The van der Waals surface area contributed by atoms with E-state index in [1.807, 2.05) is 30.3 Å². The van der Waals surface area contributed by atoms with Crippen LogP contribution >= 0.6 is 35.6 Å². The van der Waals surface area contributed by atoms with Crippen LogP contribution < -0.4 is 10.6 Å². The van der Waals surface area contributed by atoms with Crippen LogP contribution in [-0.4, -0.2) is 29.7 Å². The predicted octanol–water partition coefficient (Wildman–Crippen LogP) is 2.59. The number of nitrogens with one attached hydrogen (secondary N) is 3. The maximum Gasteiger partial charge on any atom is 0.191 e. The Balaban J connectivity index is 0.00000220. The summed E-state index contributed by atoms with van der Waals surface area (Å²) in [6.45, 7) is 1.48. The highest BCUT2D eigenvalue weighted by Crippen LogP contribution is 2.09. The lowest BCUT2D eigenvalue weighted by molar-refractivity contribution is 0.780. The molecule has 2 aromatic rings. The molecule has 0 unspecified atom stereocenters. The van der Waals surface area contributed by atoms with Gasteiger partial charge >= 0.3 is 0 Å². The van der Waals surface area contributed by atoms with Crippen molar-refractivity contribution in [2.45, 2.75) is 13.0 Å². The van der Waals surface area contributed by atoms with Crippen LogP contribution in [0.2, 0.25) is 5.02 Å². The first-order valence-corrected chi connectivity index (χ1v) is 6.83. The number of H-pyrrole nitrogens is 1. The van der Waals surface area contributed by atoms with Crippen LogP contribution in [0.1, 0.15) is 11.3 Å². The minimum Gasteiger partial charge on any atom is -0.356 e. The van der Waals surface area contributed by atoms with Crippen molar-refractivity contribution in [3.05, 3.63) is 52.8 Å². The van der Waals surface area contributed by atoms with Crippen LogP contribution in [0.15, 0.2) is 41.5 Å². The molecule has 1 aromatic heterocycles. The van der Waals surface area contributed by atoms with E-state index in [0.717, 1.165) is 29.6 Å². The van der Waals surface area contributed by atoms with Gasteiger partial charge in [-0.1, -0.05) is 23.7 Å². The summed E-state index contributed by atoms with van der Waals surface area (Å²) in [5.74, 6) is 0.772. The topological polar surface area (TPSA) is 65.1 Å². The van der Waals surface area contributed by atoms with Gasteiger partial charge in [0.25, 0.3) is 0 Å². The Morgan fingerprint density at radius 3 is 2.62 bits per heavy atom. The second-order valence-corrected chi connectivity index (χ2v) is 4.75. The van der Waals surface area contributed by atoms with Crippen molar-refractivity contribution in [2.24, 2.45) is 4.99 Å². The molecule has 0 spiro atoms. The van der Waals surface area contributed by atoms with Crippen molar-refractivity contribution in [3.8, 4) is 0 Å². The minimum atomic E-state index is 0. The molecule has 0 amide bonds. The van der Waals surface area contributed by atoms with E-state index in [2.05, 4.69) is 25.8 Å². The molecular formula is C14H19ClIN5. The Kier molecular flexibility index (Phi) is 8.14. The number of aromatic amines is 1. The first-order chi connectivity index (χ1) is 9.78. The number of hydrogen-bond donors (Lipinski definition) is 3. The van der Waals surface area contributed by atoms with Gasteiger partial charge in [-0.3, -0.25) is 10.1 Å². The van der Waals surface area contributed by atoms with E-state index in [4.69, 9.17) is 11.6 Å². The van der Waals surface area contributed by atoms with Gasteiger partial charge in [0.2, 0.25) is 0 Å². The number of aliphatic imine (C=N–C) groups is 1. The fourth-order valence-corrected chi connectivity index (χ4v) is 1.89. The molecule has 0 bridgehead atoms. The molecule has 2 rings (SSSR count). The Labute approximate surface area is 146 Å². The van der Waals surface area contributed by atoms with Crippen LogP contribution in [-0.2, 0) is 13.0 Å². The highest BCUT2D eigenvalue weighted by atomic mass is 127. The Bertz CT molecular complexity index is 539. The highest BCUT2D eigenvalue weighted by molar-refractivity contribution is 14.0. The second kappa shape index (κ2) is 9.62. The predicted molar refractivity (Wildman–Crippen MR) is 97.4 cm³/mol. The standard InChI is InChI=1S/C14H18ClN5.HI/c1-16-14(18-10-13-7-9-19-20-13)17-8-6-11-2-4-12(15)5-3-11;/h2-5,7,9H,6,8,10H2,1H3,(H,19,20)(H2,16,17,18);1H. The van der Waals surface area contributed by atoms with Crippen LogP contribution in [0.4, 0.5) is 0 Å².